The molecule has 0 spiro atoms. The first kappa shape index (κ1) is 26.7. The number of aliphatic imine (C=N–C) groups is 1. The van der Waals surface area contributed by atoms with E-state index in [4.69, 9.17) is 14.9 Å². The summed E-state index contributed by atoms with van der Waals surface area (Å²) in [7, 11) is 1.53. The summed E-state index contributed by atoms with van der Waals surface area (Å²) in [6.07, 6.45) is -4.20. The van der Waals surface area contributed by atoms with Crippen molar-refractivity contribution in [3.05, 3.63) is 65.2 Å². The predicted octanol–water partition coefficient (Wildman–Crippen LogP) is 5.65. The van der Waals surface area contributed by atoms with E-state index in [2.05, 4.69) is 4.99 Å². The Balaban J connectivity index is 1.59. The highest BCUT2D eigenvalue weighted by Gasteiger charge is 2.32. The van der Waals surface area contributed by atoms with Gasteiger partial charge in [0.25, 0.3) is 0 Å². The molecule has 1 aliphatic heterocycles. The molecular weight excluding hydrogens is 481 g/mol. The van der Waals surface area contributed by atoms with Gasteiger partial charge in [-0.2, -0.15) is 13.2 Å². The Morgan fingerprint density at radius 3 is 2.40 bits per heavy atom. The van der Waals surface area contributed by atoms with Gasteiger partial charge in [0.2, 0.25) is 0 Å². The zero-order valence-electron chi connectivity index (χ0n) is 19.3. The van der Waals surface area contributed by atoms with Crippen LogP contribution >= 0.6 is 11.8 Å². The number of benzene rings is 2. The molecule has 2 aromatic carbocycles. The quantitative estimate of drug-likeness (QED) is 0.383. The van der Waals surface area contributed by atoms with Crippen molar-refractivity contribution in [2.45, 2.75) is 43.2 Å². The molecule has 0 radical (unpaired) electrons. The van der Waals surface area contributed by atoms with Gasteiger partial charge in [-0.3, -0.25) is 9.79 Å². The molecule has 0 fully saturated rings. The van der Waals surface area contributed by atoms with Crippen LogP contribution in [0.15, 0.2) is 53.5 Å². The van der Waals surface area contributed by atoms with Crippen LogP contribution in [0.25, 0.3) is 0 Å². The third kappa shape index (κ3) is 7.32. The van der Waals surface area contributed by atoms with Crippen molar-refractivity contribution < 1.29 is 32.5 Å². The minimum Gasteiger partial charge on any atom is -0.492 e. The van der Waals surface area contributed by atoms with Crippen molar-refractivity contribution in [1.29, 1.82) is 5.41 Å². The predicted molar refractivity (Wildman–Crippen MR) is 130 cm³/mol. The third-order valence-electron chi connectivity index (χ3n) is 5.65. The number of aliphatic carboxylic acids is 1. The van der Waals surface area contributed by atoms with Crippen molar-refractivity contribution in [3.63, 3.8) is 0 Å². The number of alkyl halides is 3. The Kier molecular flexibility index (Phi) is 8.96. The SMILES string of the molecule is COCCC(=N)C(CC(=O)O)c1ccc(OCC2SC(c3ccc(C(F)(F)F)cc3)=NC2C)cc1. The smallest absolute Gasteiger partial charge is 0.416 e. The van der Waals surface area contributed by atoms with Gasteiger partial charge in [0.05, 0.1) is 34.9 Å². The standard InChI is InChI=1S/C25H27F3N2O4S/c1-15-22(35-24(30-15)17-3-7-18(8-4-17)25(26,27)28)14-34-19-9-5-16(6-10-19)20(13-23(31)32)21(29)11-12-33-2/h3-10,15,20,22,29H,11-14H2,1-2H3,(H,31,32). The molecule has 3 rings (SSSR count). The van der Waals surface area contributed by atoms with Crippen LogP contribution in [0.2, 0.25) is 0 Å². The Morgan fingerprint density at radius 2 is 1.83 bits per heavy atom. The Morgan fingerprint density at radius 1 is 1.17 bits per heavy atom. The summed E-state index contributed by atoms with van der Waals surface area (Å²) in [5.74, 6) is -0.919. The molecule has 3 atom stereocenters. The van der Waals surface area contributed by atoms with E-state index in [1.807, 2.05) is 6.92 Å². The summed E-state index contributed by atoms with van der Waals surface area (Å²) >= 11 is 1.47. The molecule has 10 heteroatoms. The van der Waals surface area contributed by atoms with Crippen LogP contribution in [-0.4, -0.2) is 53.4 Å². The summed E-state index contributed by atoms with van der Waals surface area (Å²) in [5.41, 5.74) is 0.965. The molecular formula is C25H27F3N2O4S. The molecule has 6 nitrogen and oxygen atoms in total. The van der Waals surface area contributed by atoms with Crippen molar-refractivity contribution in [1.82, 2.24) is 0 Å². The number of ether oxygens (including phenoxy) is 2. The molecule has 0 saturated heterocycles. The molecule has 0 aliphatic carbocycles. The number of carboxylic acids is 1. The van der Waals surface area contributed by atoms with E-state index in [0.717, 1.165) is 17.7 Å². The first-order valence-electron chi connectivity index (χ1n) is 11.0. The zero-order valence-corrected chi connectivity index (χ0v) is 20.2. The Hall–Kier alpha value is -2.85. The number of nitrogens with one attached hydrogen (secondary N) is 1. The van der Waals surface area contributed by atoms with Gasteiger partial charge in [-0.1, -0.05) is 36.0 Å². The zero-order chi connectivity index (χ0) is 25.6. The van der Waals surface area contributed by atoms with Crippen molar-refractivity contribution in [2.75, 3.05) is 20.3 Å². The van der Waals surface area contributed by atoms with Gasteiger partial charge in [0.15, 0.2) is 0 Å². The fourth-order valence-corrected chi connectivity index (χ4v) is 4.82. The van der Waals surface area contributed by atoms with Crippen LogP contribution in [0, 0.1) is 5.41 Å². The first-order chi connectivity index (χ1) is 16.6. The van der Waals surface area contributed by atoms with E-state index >= 15 is 0 Å². The van der Waals surface area contributed by atoms with Gasteiger partial charge in [-0.25, -0.2) is 0 Å². The highest BCUT2D eigenvalue weighted by Crippen LogP contribution is 2.34. The summed E-state index contributed by atoms with van der Waals surface area (Å²) in [6, 6.07) is 11.9. The van der Waals surface area contributed by atoms with Crippen LogP contribution in [0.3, 0.4) is 0 Å². The maximum absolute atomic E-state index is 12.8. The molecule has 35 heavy (non-hydrogen) atoms. The topological polar surface area (TPSA) is 92.0 Å². The highest BCUT2D eigenvalue weighted by molar-refractivity contribution is 8.15. The van der Waals surface area contributed by atoms with Gasteiger partial charge >= 0.3 is 12.1 Å². The number of rotatable bonds is 11. The molecule has 0 saturated carbocycles. The van der Waals surface area contributed by atoms with E-state index in [-0.39, 0.29) is 17.7 Å². The number of nitrogens with zero attached hydrogens (tertiary/aromatic N) is 1. The van der Waals surface area contributed by atoms with Crippen LogP contribution in [0.4, 0.5) is 13.2 Å². The van der Waals surface area contributed by atoms with E-state index in [1.165, 1.54) is 31.0 Å². The average molecular weight is 509 g/mol. The highest BCUT2D eigenvalue weighted by atomic mass is 32.2. The Bertz CT molecular complexity index is 1060. The van der Waals surface area contributed by atoms with E-state index < -0.39 is 23.6 Å². The second-order valence-electron chi connectivity index (χ2n) is 8.20. The lowest BCUT2D eigenvalue weighted by molar-refractivity contribution is -0.138. The monoisotopic (exact) mass is 508 g/mol. The number of hydrogen-bond donors (Lipinski definition) is 2. The number of methoxy groups -OCH3 is 1. The minimum absolute atomic E-state index is 0.00560. The number of halogens is 3. The van der Waals surface area contributed by atoms with Crippen LogP contribution in [0.1, 0.15) is 42.4 Å². The molecule has 2 aromatic rings. The van der Waals surface area contributed by atoms with Crippen molar-refractivity contribution in [2.24, 2.45) is 4.99 Å². The first-order valence-corrected chi connectivity index (χ1v) is 11.9. The molecule has 1 heterocycles. The van der Waals surface area contributed by atoms with Crippen LogP contribution in [0.5, 0.6) is 5.75 Å². The number of carbonyl (C=O) groups is 1. The lowest BCUT2D eigenvalue weighted by Gasteiger charge is -2.18. The number of carboxylic acid groups (broad SMARTS) is 1. The third-order valence-corrected chi connectivity index (χ3v) is 7.05. The fraction of sp³-hybridized carbons (Fsp3) is 0.400. The van der Waals surface area contributed by atoms with Crippen molar-refractivity contribution >= 4 is 28.5 Å². The normalized spacial score (nSPS) is 18.7. The van der Waals surface area contributed by atoms with Crippen molar-refractivity contribution in [3.8, 4) is 5.75 Å². The van der Waals surface area contributed by atoms with E-state index in [0.29, 0.717) is 41.7 Å². The van der Waals surface area contributed by atoms with Gasteiger partial charge in [0.1, 0.15) is 12.4 Å². The molecule has 0 aromatic heterocycles. The molecule has 0 bridgehead atoms. The van der Waals surface area contributed by atoms with E-state index in [9.17, 15) is 23.1 Å². The number of thioether (sulfide) groups is 1. The van der Waals surface area contributed by atoms with Gasteiger partial charge < -0.3 is 20.0 Å². The summed E-state index contributed by atoms with van der Waals surface area (Å²) in [6.45, 7) is 2.63. The molecule has 2 N–H and O–H groups in total. The largest absolute Gasteiger partial charge is 0.492 e. The minimum atomic E-state index is -4.37. The molecule has 3 unspecified atom stereocenters. The maximum Gasteiger partial charge on any atom is 0.416 e. The van der Waals surface area contributed by atoms with E-state index in [1.54, 1.807) is 24.3 Å². The maximum atomic E-state index is 12.8. The molecule has 1 aliphatic rings. The summed E-state index contributed by atoms with van der Waals surface area (Å²) < 4.78 is 49.3. The van der Waals surface area contributed by atoms with Crippen LogP contribution in [-0.2, 0) is 15.7 Å². The van der Waals surface area contributed by atoms with Gasteiger partial charge in [0, 0.05) is 30.7 Å². The van der Waals surface area contributed by atoms with Gasteiger partial charge in [-0.05, 0) is 36.8 Å². The lowest BCUT2D eigenvalue weighted by Crippen LogP contribution is -2.22. The van der Waals surface area contributed by atoms with Gasteiger partial charge in [-0.15, -0.1) is 0 Å². The fourth-order valence-electron chi connectivity index (χ4n) is 3.64. The van der Waals surface area contributed by atoms with Crippen LogP contribution < -0.4 is 4.74 Å². The summed E-state index contributed by atoms with van der Waals surface area (Å²) in [5, 5.41) is 18.2. The molecule has 188 valence electrons. The molecule has 0 amide bonds. The Labute approximate surface area is 206 Å². The summed E-state index contributed by atoms with van der Waals surface area (Å²) in [4.78, 5) is 15.9. The second kappa shape index (κ2) is 11.7. The number of hydrogen-bond acceptors (Lipinski definition) is 6. The lowest BCUT2D eigenvalue weighted by atomic mass is 9.89. The average Bonchev–Trinajstić information content (AvgIpc) is 3.20. The second-order valence-corrected chi connectivity index (χ2v) is 9.43.